The van der Waals surface area contributed by atoms with E-state index in [1.54, 1.807) is 0 Å². The lowest BCUT2D eigenvalue weighted by molar-refractivity contribution is 0.152. The Kier molecular flexibility index (Phi) is 4.29. The Labute approximate surface area is 122 Å². The molecule has 0 fully saturated rings. The van der Waals surface area contributed by atoms with Gasteiger partial charge < -0.3 is 0 Å². The summed E-state index contributed by atoms with van der Waals surface area (Å²) in [5, 5.41) is 0.261. The average molecular weight is 326 g/mol. The fourth-order valence-electron chi connectivity index (χ4n) is 1.69. The van der Waals surface area contributed by atoms with E-state index < -0.39 is 12.2 Å². The van der Waals surface area contributed by atoms with E-state index >= 15 is 0 Å². The lowest BCUT2D eigenvalue weighted by Crippen LogP contribution is -1.93. The van der Waals surface area contributed by atoms with Gasteiger partial charge in [-0.15, -0.1) is 0 Å². The standard InChI is InChI=1S/C13H6Cl3F3/c14-10-4-3-7(11(15)12(10)16)9-5-6(17)1-2-8(9)13(18)19/h1-5,13H. The molecule has 0 atom stereocenters. The molecule has 0 nitrogen and oxygen atoms in total. The Morgan fingerprint density at radius 3 is 2.16 bits per heavy atom. The Balaban J connectivity index is 2.71. The molecule has 0 saturated heterocycles. The van der Waals surface area contributed by atoms with Gasteiger partial charge in [0.2, 0.25) is 0 Å². The van der Waals surface area contributed by atoms with Gasteiger partial charge in [-0.05, 0) is 29.8 Å². The summed E-state index contributed by atoms with van der Waals surface area (Å²) in [4.78, 5) is 0. The van der Waals surface area contributed by atoms with Gasteiger partial charge in [0, 0.05) is 11.1 Å². The van der Waals surface area contributed by atoms with Gasteiger partial charge in [-0.25, -0.2) is 13.2 Å². The molecule has 6 heteroatoms. The second kappa shape index (κ2) is 5.61. The maximum atomic E-state index is 13.3. The van der Waals surface area contributed by atoms with Crippen LogP contribution in [0.5, 0.6) is 0 Å². The molecule has 0 radical (unpaired) electrons. The zero-order chi connectivity index (χ0) is 14.2. The van der Waals surface area contributed by atoms with Crippen molar-refractivity contribution >= 4 is 34.8 Å². The lowest BCUT2D eigenvalue weighted by Gasteiger charge is -2.12. The highest BCUT2D eigenvalue weighted by Gasteiger charge is 2.18. The topological polar surface area (TPSA) is 0 Å². The third kappa shape index (κ3) is 2.83. The van der Waals surface area contributed by atoms with Crippen molar-refractivity contribution in [2.75, 3.05) is 0 Å². The quantitative estimate of drug-likeness (QED) is 0.561. The predicted molar refractivity (Wildman–Crippen MR) is 71.8 cm³/mol. The SMILES string of the molecule is Fc1ccc(C(F)F)c(-c2ccc(Cl)c(Cl)c2Cl)c1. The molecular weight excluding hydrogens is 319 g/mol. The van der Waals surface area contributed by atoms with Gasteiger partial charge in [-0.3, -0.25) is 0 Å². The van der Waals surface area contributed by atoms with E-state index in [-0.39, 0.29) is 31.8 Å². The molecular formula is C13H6Cl3F3. The second-order valence-electron chi connectivity index (χ2n) is 3.76. The monoisotopic (exact) mass is 324 g/mol. The minimum Gasteiger partial charge on any atom is -0.207 e. The van der Waals surface area contributed by atoms with Crippen molar-refractivity contribution in [2.24, 2.45) is 0 Å². The van der Waals surface area contributed by atoms with E-state index in [2.05, 4.69) is 0 Å². The maximum Gasteiger partial charge on any atom is 0.264 e. The summed E-state index contributed by atoms with van der Waals surface area (Å²) in [6.07, 6.45) is -2.75. The van der Waals surface area contributed by atoms with Gasteiger partial charge in [0.1, 0.15) is 5.82 Å². The van der Waals surface area contributed by atoms with E-state index in [1.165, 1.54) is 12.1 Å². The van der Waals surface area contributed by atoms with Crippen molar-refractivity contribution in [3.05, 3.63) is 56.8 Å². The first-order chi connectivity index (χ1) is 8.91. The molecule has 0 heterocycles. The smallest absolute Gasteiger partial charge is 0.207 e. The van der Waals surface area contributed by atoms with Crippen LogP contribution in [-0.2, 0) is 0 Å². The zero-order valence-corrected chi connectivity index (χ0v) is 11.5. The van der Waals surface area contributed by atoms with E-state index in [4.69, 9.17) is 34.8 Å². The molecule has 2 aromatic rings. The summed E-state index contributed by atoms with van der Waals surface area (Å²) in [7, 11) is 0. The van der Waals surface area contributed by atoms with Gasteiger partial charge in [0.25, 0.3) is 6.43 Å². The van der Waals surface area contributed by atoms with Crippen LogP contribution in [0, 0.1) is 5.82 Å². The number of hydrogen-bond acceptors (Lipinski definition) is 0. The highest BCUT2D eigenvalue weighted by atomic mass is 35.5. The van der Waals surface area contributed by atoms with E-state index in [0.717, 1.165) is 18.2 Å². The fraction of sp³-hybridized carbons (Fsp3) is 0.0769. The highest BCUT2D eigenvalue weighted by molar-refractivity contribution is 6.49. The van der Waals surface area contributed by atoms with Gasteiger partial charge in [-0.1, -0.05) is 40.9 Å². The molecule has 0 bridgehead atoms. The second-order valence-corrected chi connectivity index (χ2v) is 4.92. The molecule has 0 N–H and O–H groups in total. The largest absolute Gasteiger partial charge is 0.264 e. The van der Waals surface area contributed by atoms with Crippen molar-refractivity contribution in [3.63, 3.8) is 0 Å². The van der Waals surface area contributed by atoms with Crippen LogP contribution in [0.1, 0.15) is 12.0 Å². The molecule has 100 valence electrons. The molecule has 0 amide bonds. The number of rotatable bonds is 2. The summed E-state index contributed by atoms with van der Waals surface area (Å²) >= 11 is 17.6. The molecule has 2 aromatic carbocycles. The van der Waals surface area contributed by atoms with Crippen molar-refractivity contribution in [2.45, 2.75) is 6.43 Å². The minimum atomic E-state index is -2.75. The first-order valence-corrected chi connectivity index (χ1v) is 6.26. The van der Waals surface area contributed by atoms with Crippen LogP contribution in [0.4, 0.5) is 13.2 Å². The Hall–Kier alpha value is -0.900. The van der Waals surface area contributed by atoms with Crippen LogP contribution < -0.4 is 0 Å². The number of hydrogen-bond donors (Lipinski definition) is 0. The van der Waals surface area contributed by atoms with Gasteiger partial charge in [-0.2, -0.15) is 0 Å². The van der Waals surface area contributed by atoms with Crippen LogP contribution in [0.15, 0.2) is 30.3 Å². The zero-order valence-electron chi connectivity index (χ0n) is 9.23. The first kappa shape index (κ1) is 14.5. The molecule has 19 heavy (non-hydrogen) atoms. The summed E-state index contributed by atoms with van der Waals surface area (Å²) in [5.74, 6) is -0.637. The highest BCUT2D eigenvalue weighted by Crippen LogP contribution is 2.41. The van der Waals surface area contributed by atoms with E-state index in [1.807, 2.05) is 0 Å². The van der Waals surface area contributed by atoms with Crippen molar-refractivity contribution in [1.29, 1.82) is 0 Å². The van der Waals surface area contributed by atoms with Gasteiger partial charge >= 0.3 is 0 Å². The van der Waals surface area contributed by atoms with Crippen LogP contribution in [0.3, 0.4) is 0 Å². The van der Waals surface area contributed by atoms with Gasteiger partial charge in [0.15, 0.2) is 0 Å². The molecule has 0 aliphatic carbocycles. The van der Waals surface area contributed by atoms with Crippen LogP contribution >= 0.6 is 34.8 Å². The summed E-state index contributed by atoms with van der Waals surface area (Å²) in [5.41, 5.74) is -0.105. The Bertz CT molecular complexity index is 627. The lowest BCUT2D eigenvalue weighted by atomic mass is 9.99. The van der Waals surface area contributed by atoms with Crippen molar-refractivity contribution in [1.82, 2.24) is 0 Å². The molecule has 0 aliphatic rings. The van der Waals surface area contributed by atoms with Crippen molar-refractivity contribution < 1.29 is 13.2 Å². The fourth-order valence-corrected chi connectivity index (χ4v) is 2.32. The minimum absolute atomic E-state index is 0.00133. The molecule has 0 unspecified atom stereocenters. The predicted octanol–water partition coefficient (Wildman–Crippen LogP) is 6.39. The molecule has 2 rings (SSSR count). The number of alkyl halides is 2. The normalized spacial score (nSPS) is 11.1. The third-order valence-electron chi connectivity index (χ3n) is 2.58. The first-order valence-electron chi connectivity index (χ1n) is 5.13. The maximum absolute atomic E-state index is 13.3. The van der Waals surface area contributed by atoms with Crippen LogP contribution in [0.2, 0.25) is 15.1 Å². The summed E-state index contributed by atoms with van der Waals surface area (Å²) in [6, 6.07) is 5.83. The van der Waals surface area contributed by atoms with Crippen molar-refractivity contribution in [3.8, 4) is 11.1 Å². The van der Waals surface area contributed by atoms with Gasteiger partial charge in [0.05, 0.1) is 15.1 Å². The number of halogens is 6. The Morgan fingerprint density at radius 2 is 1.53 bits per heavy atom. The van der Waals surface area contributed by atoms with E-state index in [0.29, 0.717) is 0 Å². The Morgan fingerprint density at radius 1 is 0.842 bits per heavy atom. The summed E-state index contributed by atoms with van der Waals surface area (Å²) < 4.78 is 39.1. The average Bonchev–Trinajstić information content (AvgIpc) is 2.35. The summed E-state index contributed by atoms with van der Waals surface area (Å²) in [6.45, 7) is 0. The van der Waals surface area contributed by atoms with E-state index in [9.17, 15) is 13.2 Å². The molecule has 0 aromatic heterocycles. The molecule has 0 aliphatic heterocycles. The van der Waals surface area contributed by atoms with Crippen LogP contribution in [0.25, 0.3) is 11.1 Å². The van der Waals surface area contributed by atoms with Crippen LogP contribution in [-0.4, -0.2) is 0 Å². The molecule has 0 saturated carbocycles. The third-order valence-corrected chi connectivity index (χ3v) is 3.87. The molecule has 0 spiro atoms. The number of benzene rings is 2.